The lowest BCUT2D eigenvalue weighted by molar-refractivity contribution is -0.125. The molecule has 0 spiro atoms. The molecule has 164 valence electrons. The van der Waals surface area contributed by atoms with E-state index in [-0.39, 0.29) is 36.2 Å². The topological polar surface area (TPSA) is 109 Å². The zero-order chi connectivity index (χ0) is 21.8. The molecule has 2 fully saturated rings. The van der Waals surface area contributed by atoms with Gasteiger partial charge in [-0.25, -0.2) is 19.3 Å². The zero-order valence-corrected chi connectivity index (χ0v) is 17.3. The van der Waals surface area contributed by atoms with E-state index in [1.807, 2.05) is 0 Å². The molecule has 0 aromatic carbocycles. The number of pyridine rings is 1. The molecule has 31 heavy (non-hydrogen) atoms. The van der Waals surface area contributed by atoms with Crippen molar-refractivity contribution in [2.24, 2.45) is 0 Å². The van der Waals surface area contributed by atoms with Gasteiger partial charge < -0.3 is 15.4 Å². The van der Waals surface area contributed by atoms with Gasteiger partial charge in [-0.15, -0.1) is 0 Å². The molecule has 2 aromatic rings. The number of nitrogens with zero attached hydrogens (tertiary/aromatic N) is 4. The van der Waals surface area contributed by atoms with E-state index in [1.165, 1.54) is 11.8 Å². The van der Waals surface area contributed by atoms with Crippen molar-refractivity contribution in [3.05, 3.63) is 30.2 Å². The van der Waals surface area contributed by atoms with Crippen molar-refractivity contribution in [3.63, 3.8) is 0 Å². The molecule has 2 amide bonds. The van der Waals surface area contributed by atoms with Gasteiger partial charge in [-0.05, 0) is 37.8 Å². The average Bonchev–Trinajstić information content (AvgIpc) is 2.76. The SMILES string of the molecule is CC(=O)N[C@H]1CC[C@H](Nc2ncc(F)c(-c3cccc(N4CCOCC4=O)n3)n2)CC1. The maximum Gasteiger partial charge on any atom is 0.254 e. The van der Waals surface area contributed by atoms with Gasteiger partial charge in [-0.2, -0.15) is 0 Å². The maximum atomic E-state index is 14.5. The van der Waals surface area contributed by atoms with Gasteiger partial charge in [0.15, 0.2) is 5.82 Å². The molecule has 10 heteroatoms. The summed E-state index contributed by atoms with van der Waals surface area (Å²) in [5.74, 6) is -0.0192. The Bertz CT molecular complexity index is 964. The molecule has 0 unspecified atom stereocenters. The maximum absolute atomic E-state index is 14.5. The van der Waals surface area contributed by atoms with E-state index in [9.17, 15) is 14.0 Å². The minimum absolute atomic E-state index is 0.00598. The van der Waals surface area contributed by atoms with E-state index in [4.69, 9.17) is 4.74 Å². The number of carbonyl (C=O) groups excluding carboxylic acids is 2. The van der Waals surface area contributed by atoms with Gasteiger partial charge in [0.05, 0.1) is 25.0 Å². The van der Waals surface area contributed by atoms with Gasteiger partial charge in [-0.3, -0.25) is 14.5 Å². The number of ether oxygens (including phenoxy) is 1. The fraction of sp³-hybridized carbons (Fsp3) is 0.476. The molecule has 1 saturated heterocycles. The van der Waals surface area contributed by atoms with Gasteiger partial charge in [0, 0.05) is 19.0 Å². The summed E-state index contributed by atoms with van der Waals surface area (Å²) in [6.07, 6.45) is 4.56. The van der Waals surface area contributed by atoms with Crippen LogP contribution in [-0.4, -0.2) is 58.6 Å². The second-order valence-electron chi connectivity index (χ2n) is 7.76. The molecular formula is C21H25FN6O3. The van der Waals surface area contributed by atoms with Crippen molar-refractivity contribution in [2.75, 3.05) is 30.0 Å². The number of carbonyl (C=O) groups is 2. The highest BCUT2D eigenvalue weighted by Crippen LogP contribution is 2.25. The van der Waals surface area contributed by atoms with Crippen LogP contribution in [0.1, 0.15) is 32.6 Å². The summed E-state index contributed by atoms with van der Waals surface area (Å²) in [5.41, 5.74) is 0.404. The first-order valence-electron chi connectivity index (χ1n) is 10.4. The van der Waals surface area contributed by atoms with Gasteiger partial charge >= 0.3 is 0 Å². The van der Waals surface area contributed by atoms with E-state index in [1.54, 1.807) is 18.2 Å². The number of amides is 2. The summed E-state index contributed by atoms with van der Waals surface area (Å²) in [6, 6.07) is 5.42. The Morgan fingerprint density at radius 3 is 2.71 bits per heavy atom. The van der Waals surface area contributed by atoms with E-state index >= 15 is 0 Å². The van der Waals surface area contributed by atoms with Crippen molar-refractivity contribution in [1.82, 2.24) is 20.3 Å². The van der Waals surface area contributed by atoms with E-state index in [0.29, 0.717) is 30.6 Å². The molecule has 2 aliphatic rings. The summed E-state index contributed by atoms with van der Waals surface area (Å²) in [7, 11) is 0. The Kier molecular flexibility index (Phi) is 6.36. The number of anilines is 2. The lowest BCUT2D eigenvalue weighted by Gasteiger charge is -2.29. The molecule has 0 bridgehead atoms. The van der Waals surface area contributed by atoms with Crippen LogP contribution < -0.4 is 15.5 Å². The number of aromatic nitrogens is 3. The molecule has 0 radical (unpaired) electrons. The highest BCUT2D eigenvalue weighted by Gasteiger charge is 2.24. The smallest absolute Gasteiger partial charge is 0.254 e. The second-order valence-corrected chi connectivity index (χ2v) is 7.76. The number of hydrogen-bond donors (Lipinski definition) is 2. The van der Waals surface area contributed by atoms with Crippen molar-refractivity contribution < 1.29 is 18.7 Å². The lowest BCUT2D eigenvalue weighted by atomic mass is 9.91. The first kappa shape index (κ1) is 21.1. The fourth-order valence-corrected chi connectivity index (χ4v) is 3.93. The van der Waals surface area contributed by atoms with Crippen LogP contribution in [-0.2, 0) is 14.3 Å². The minimum Gasteiger partial charge on any atom is -0.370 e. The molecule has 1 aliphatic heterocycles. The molecule has 2 aromatic heterocycles. The molecular weight excluding hydrogens is 403 g/mol. The Labute approximate surface area is 179 Å². The largest absolute Gasteiger partial charge is 0.370 e. The summed E-state index contributed by atoms with van der Waals surface area (Å²) < 4.78 is 19.7. The van der Waals surface area contributed by atoms with Crippen LogP contribution in [0.25, 0.3) is 11.4 Å². The van der Waals surface area contributed by atoms with Gasteiger partial charge in [0.1, 0.15) is 18.1 Å². The Morgan fingerprint density at radius 1 is 1.19 bits per heavy atom. The number of halogens is 1. The third-order valence-electron chi connectivity index (χ3n) is 5.45. The summed E-state index contributed by atoms with van der Waals surface area (Å²) in [5, 5.41) is 6.21. The van der Waals surface area contributed by atoms with Crippen LogP contribution in [0, 0.1) is 5.82 Å². The average molecular weight is 428 g/mol. The van der Waals surface area contributed by atoms with Crippen LogP contribution in [0.15, 0.2) is 24.4 Å². The Balaban J connectivity index is 1.48. The quantitative estimate of drug-likeness (QED) is 0.749. The van der Waals surface area contributed by atoms with E-state index in [0.717, 1.165) is 31.9 Å². The first-order chi connectivity index (χ1) is 15.0. The van der Waals surface area contributed by atoms with Crippen LogP contribution >= 0.6 is 0 Å². The second kappa shape index (κ2) is 9.34. The van der Waals surface area contributed by atoms with Crippen molar-refractivity contribution in [1.29, 1.82) is 0 Å². The van der Waals surface area contributed by atoms with Crippen LogP contribution in [0.5, 0.6) is 0 Å². The van der Waals surface area contributed by atoms with Gasteiger partial charge in [0.2, 0.25) is 11.9 Å². The van der Waals surface area contributed by atoms with Crippen LogP contribution in [0.3, 0.4) is 0 Å². The lowest BCUT2D eigenvalue weighted by Crippen LogP contribution is -2.42. The summed E-state index contributed by atoms with van der Waals surface area (Å²) in [4.78, 5) is 37.7. The molecule has 9 nitrogen and oxygen atoms in total. The van der Waals surface area contributed by atoms with Crippen LogP contribution in [0.4, 0.5) is 16.2 Å². The predicted octanol–water partition coefficient (Wildman–Crippen LogP) is 1.90. The molecule has 0 atom stereocenters. The molecule has 1 saturated carbocycles. The predicted molar refractivity (Wildman–Crippen MR) is 112 cm³/mol. The monoisotopic (exact) mass is 428 g/mol. The molecule has 3 heterocycles. The van der Waals surface area contributed by atoms with Crippen LogP contribution in [0.2, 0.25) is 0 Å². The Hall–Kier alpha value is -3.14. The van der Waals surface area contributed by atoms with Crippen molar-refractivity contribution in [3.8, 4) is 11.4 Å². The normalized spacial score (nSPS) is 21.6. The Morgan fingerprint density at radius 2 is 1.97 bits per heavy atom. The third kappa shape index (κ3) is 5.13. The van der Waals surface area contributed by atoms with Crippen molar-refractivity contribution >= 4 is 23.6 Å². The highest BCUT2D eigenvalue weighted by molar-refractivity contribution is 5.94. The van der Waals surface area contributed by atoms with Gasteiger partial charge in [0.25, 0.3) is 5.91 Å². The third-order valence-corrected chi connectivity index (χ3v) is 5.45. The number of morpholine rings is 1. The summed E-state index contributed by atoms with van der Waals surface area (Å²) in [6.45, 7) is 2.36. The number of rotatable bonds is 5. The highest BCUT2D eigenvalue weighted by atomic mass is 19.1. The molecule has 1 aliphatic carbocycles. The van der Waals surface area contributed by atoms with Gasteiger partial charge in [-0.1, -0.05) is 6.07 Å². The number of nitrogens with one attached hydrogen (secondary N) is 2. The van der Waals surface area contributed by atoms with Crippen molar-refractivity contribution in [2.45, 2.75) is 44.7 Å². The first-order valence-corrected chi connectivity index (χ1v) is 10.4. The van der Waals surface area contributed by atoms with E-state index in [2.05, 4.69) is 25.6 Å². The minimum atomic E-state index is -0.585. The van der Waals surface area contributed by atoms with E-state index < -0.39 is 5.82 Å². The molecule has 2 N–H and O–H groups in total. The standard InChI is InChI=1S/C21H25FN6O3/c1-13(29)24-14-5-7-15(8-6-14)25-21-23-11-16(22)20(27-21)17-3-2-4-18(26-17)28-9-10-31-12-19(28)30/h2-4,11,14-15H,5-10,12H2,1H3,(H,24,29)(H,23,25,27)/t14-,15-. The molecule has 4 rings (SSSR count). The fourth-order valence-electron chi connectivity index (χ4n) is 3.93. The summed E-state index contributed by atoms with van der Waals surface area (Å²) >= 11 is 0. The number of hydrogen-bond acceptors (Lipinski definition) is 7. The zero-order valence-electron chi connectivity index (χ0n) is 17.3.